The Morgan fingerprint density at radius 1 is 1.13 bits per heavy atom. The van der Waals surface area contributed by atoms with Gasteiger partial charge in [0.25, 0.3) is 5.91 Å². The Morgan fingerprint density at radius 2 is 1.87 bits per heavy atom. The van der Waals surface area contributed by atoms with Crippen molar-refractivity contribution < 1.29 is 19.0 Å². The van der Waals surface area contributed by atoms with E-state index in [0.717, 1.165) is 20.6 Å². The first-order chi connectivity index (χ1) is 14.5. The van der Waals surface area contributed by atoms with Crippen molar-refractivity contribution in [3.8, 4) is 17.2 Å². The largest absolute Gasteiger partial charge is 0.497 e. The molecule has 6 nitrogen and oxygen atoms in total. The van der Waals surface area contributed by atoms with Crippen LogP contribution in [0.2, 0.25) is 0 Å². The molecular weight excluding hydrogens is 515 g/mol. The Kier molecular flexibility index (Phi) is 7.65. The molecule has 8 heteroatoms. The van der Waals surface area contributed by atoms with Gasteiger partial charge >= 0.3 is 0 Å². The van der Waals surface area contributed by atoms with E-state index >= 15 is 0 Å². The summed E-state index contributed by atoms with van der Waals surface area (Å²) in [6.07, 6.45) is 1.87. The number of rotatable bonds is 7. The van der Waals surface area contributed by atoms with Crippen molar-refractivity contribution in [3.05, 3.63) is 50.4 Å². The van der Waals surface area contributed by atoms with Crippen LogP contribution in [0.15, 0.2) is 46.3 Å². The molecule has 158 valence electrons. The highest BCUT2D eigenvalue weighted by Gasteiger charge is 2.32. The van der Waals surface area contributed by atoms with Crippen LogP contribution in [0.5, 0.6) is 17.2 Å². The monoisotopic (exact) mass is 538 g/mol. The van der Waals surface area contributed by atoms with E-state index in [1.54, 1.807) is 19.1 Å². The molecule has 0 spiro atoms. The van der Waals surface area contributed by atoms with Gasteiger partial charge in [0.05, 0.1) is 35.0 Å². The third kappa shape index (κ3) is 4.92. The third-order valence-electron chi connectivity index (χ3n) is 4.34. The van der Waals surface area contributed by atoms with Crippen LogP contribution in [0, 0.1) is 3.57 Å². The van der Waals surface area contributed by atoms with Crippen molar-refractivity contribution in [2.45, 2.75) is 13.8 Å². The van der Waals surface area contributed by atoms with Crippen LogP contribution in [0.4, 0.5) is 5.69 Å². The number of aliphatic imine (C=N–C) groups is 1. The number of thioether (sulfide) groups is 1. The van der Waals surface area contributed by atoms with Gasteiger partial charge in [0, 0.05) is 6.54 Å². The lowest BCUT2D eigenvalue weighted by Gasteiger charge is -2.12. The molecule has 0 aliphatic carbocycles. The number of amides is 1. The summed E-state index contributed by atoms with van der Waals surface area (Å²) in [7, 11) is 3.25. The Hall–Kier alpha value is -2.20. The van der Waals surface area contributed by atoms with Gasteiger partial charge in [0.1, 0.15) is 5.75 Å². The van der Waals surface area contributed by atoms with Crippen LogP contribution < -0.4 is 14.2 Å². The minimum absolute atomic E-state index is 0.0569. The normalized spacial score (nSPS) is 16.4. The summed E-state index contributed by atoms with van der Waals surface area (Å²) in [5.41, 5.74) is 1.64. The molecule has 30 heavy (non-hydrogen) atoms. The first-order valence-electron chi connectivity index (χ1n) is 9.45. The average Bonchev–Trinajstić information content (AvgIpc) is 3.02. The SMILES string of the molecule is CCOc1cc(/C=C2/SC(=Nc3ccc(OC)cc3)N(CC)C2=O)cc(I)c1OC. The second-order valence-corrected chi connectivity index (χ2v) is 8.39. The molecule has 0 radical (unpaired) electrons. The summed E-state index contributed by atoms with van der Waals surface area (Å²) >= 11 is 3.58. The number of hydrogen-bond acceptors (Lipinski definition) is 6. The summed E-state index contributed by atoms with van der Waals surface area (Å²) in [4.78, 5) is 19.9. The van der Waals surface area contributed by atoms with Gasteiger partial charge in [-0.1, -0.05) is 0 Å². The van der Waals surface area contributed by atoms with Crippen LogP contribution in [-0.2, 0) is 4.79 Å². The van der Waals surface area contributed by atoms with E-state index in [4.69, 9.17) is 14.2 Å². The van der Waals surface area contributed by atoms with E-state index in [1.807, 2.05) is 56.3 Å². The van der Waals surface area contributed by atoms with Crippen molar-refractivity contribution >= 4 is 57.2 Å². The van der Waals surface area contributed by atoms with E-state index < -0.39 is 0 Å². The standard InChI is InChI=1S/C22H23IN2O4S/c1-5-25-21(26)19(30-22(25)24-15-7-9-16(27-3)10-8-15)13-14-11-17(23)20(28-4)18(12-14)29-6-2/h7-13H,5-6H2,1-4H3/b19-13+,24-22?. The number of amidine groups is 1. The summed E-state index contributed by atoms with van der Waals surface area (Å²) in [6.45, 7) is 4.94. The predicted molar refractivity (Wildman–Crippen MR) is 130 cm³/mol. The Bertz CT molecular complexity index is 989. The molecule has 0 atom stereocenters. The van der Waals surface area contributed by atoms with E-state index in [1.165, 1.54) is 11.8 Å². The molecule has 1 amide bonds. The van der Waals surface area contributed by atoms with Gasteiger partial charge in [-0.15, -0.1) is 0 Å². The van der Waals surface area contributed by atoms with Crippen LogP contribution in [0.25, 0.3) is 6.08 Å². The fourth-order valence-corrected chi connectivity index (χ4v) is 4.83. The lowest BCUT2D eigenvalue weighted by molar-refractivity contribution is -0.122. The highest BCUT2D eigenvalue weighted by molar-refractivity contribution is 14.1. The van der Waals surface area contributed by atoms with Crippen molar-refractivity contribution in [1.29, 1.82) is 0 Å². The maximum absolute atomic E-state index is 12.9. The van der Waals surface area contributed by atoms with Crippen LogP contribution >= 0.6 is 34.4 Å². The highest BCUT2D eigenvalue weighted by Crippen LogP contribution is 2.38. The Morgan fingerprint density at radius 3 is 2.47 bits per heavy atom. The van der Waals surface area contributed by atoms with E-state index in [0.29, 0.717) is 34.7 Å². The average molecular weight is 538 g/mol. The van der Waals surface area contributed by atoms with Gasteiger partial charge in [0.15, 0.2) is 16.7 Å². The minimum Gasteiger partial charge on any atom is -0.497 e. The second kappa shape index (κ2) is 10.2. The lowest BCUT2D eigenvalue weighted by atomic mass is 10.2. The van der Waals surface area contributed by atoms with Gasteiger partial charge in [-0.05, 0) is 96.2 Å². The smallest absolute Gasteiger partial charge is 0.266 e. The molecule has 0 unspecified atom stereocenters. The lowest BCUT2D eigenvalue weighted by Crippen LogP contribution is -2.28. The minimum atomic E-state index is -0.0569. The maximum Gasteiger partial charge on any atom is 0.266 e. The number of hydrogen-bond donors (Lipinski definition) is 0. The molecule has 1 saturated heterocycles. The summed E-state index contributed by atoms with van der Waals surface area (Å²) < 4.78 is 17.3. The zero-order valence-corrected chi connectivity index (χ0v) is 20.2. The zero-order chi connectivity index (χ0) is 21.7. The van der Waals surface area contributed by atoms with Gasteiger partial charge in [0.2, 0.25) is 0 Å². The third-order valence-corrected chi connectivity index (χ3v) is 6.14. The molecule has 0 bridgehead atoms. The molecule has 0 aromatic heterocycles. The second-order valence-electron chi connectivity index (χ2n) is 6.22. The number of carbonyl (C=O) groups is 1. The summed E-state index contributed by atoms with van der Waals surface area (Å²) in [6, 6.07) is 11.3. The van der Waals surface area contributed by atoms with E-state index in [2.05, 4.69) is 27.6 Å². The summed E-state index contributed by atoms with van der Waals surface area (Å²) in [5.74, 6) is 2.07. The molecule has 2 aromatic carbocycles. The van der Waals surface area contributed by atoms with Gasteiger partial charge in [-0.3, -0.25) is 9.69 Å². The van der Waals surface area contributed by atoms with E-state index in [-0.39, 0.29) is 5.91 Å². The Labute approximate surface area is 194 Å². The molecule has 0 N–H and O–H groups in total. The molecular formula is C22H23IN2O4S. The van der Waals surface area contributed by atoms with Crippen molar-refractivity contribution in [1.82, 2.24) is 4.90 Å². The molecule has 2 aromatic rings. The quantitative estimate of drug-likeness (QED) is 0.353. The maximum atomic E-state index is 12.9. The fourth-order valence-electron chi connectivity index (χ4n) is 2.92. The molecule has 1 aliphatic rings. The van der Waals surface area contributed by atoms with E-state index in [9.17, 15) is 4.79 Å². The fraction of sp³-hybridized carbons (Fsp3) is 0.273. The number of nitrogens with zero attached hydrogens (tertiary/aromatic N) is 2. The number of likely N-dealkylation sites (N-methyl/N-ethyl adjacent to an activating group) is 1. The van der Waals surface area contributed by atoms with Gasteiger partial charge < -0.3 is 14.2 Å². The van der Waals surface area contributed by atoms with Crippen molar-refractivity contribution in [2.24, 2.45) is 4.99 Å². The van der Waals surface area contributed by atoms with Gasteiger partial charge in [-0.2, -0.15) is 0 Å². The number of carbonyl (C=O) groups excluding carboxylic acids is 1. The number of halogens is 1. The van der Waals surface area contributed by atoms with Crippen LogP contribution in [0.3, 0.4) is 0 Å². The summed E-state index contributed by atoms with van der Waals surface area (Å²) in [5, 5.41) is 0.659. The topological polar surface area (TPSA) is 60.4 Å². The van der Waals surface area contributed by atoms with Crippen LogP contribution in [-0.4, -0.2) is 43.3 Å². The predicted octanol–water partition coefficient (Wildman–Crippen LogP) is 5.33. The molecule has 1 aliphatic heterocycles. The van der Waals surface area contributed by atoms with Gasteiger partial charge in [-0.25, -0.2) is 4.99 Å². The number of benzene rings is 2. The molecule has 1 heterocycles. The first kappa shape index (κ1) is 22.5. The first-order valence-corrected chi connectivity index (χ1v) is 11.3. The molecule has 0 saturated carbocycles. The highest BCUT2D eigenvalue weighted by atomic mass is 127. The van der Waals surface area contributed by atoms with Crippen LogP contribution in [0.1, 0.15) is 19.4 Å². The Balaban J connectivity index is 1.94. The number of methoxy groups -OCH3 is 2. The number of ether oxygens (including phenoxy) is 3. The molecule has 1 fully saturated rings. The molecule has 3 rings (SSSR count). The zero-order valence-electron chi connectivity index (χ0n) is 17.3. The van der Waals surface area contributed by atoms with Crippen molar-refractivity contribution in [2.75, 3.05) is 27.4 Å². The van der Waals surface area contributed by atoms with Crippen molar-refractivity contribution in [3.63, 3.8) is 0 Å².